The molecule has 0 aromatic heterocycles. The lowest BCUT2D eigenvalue weighted by Gasteiger charge is -2.38. The Labute approximate surface area is 377 Å². The maximum atomic E-state index is 14.2. The molecule has 0 saturated carbocycles. The normalized spacial score (nSPS) is 21.8. The van der Waals surface area contributed by atoms with Gasteiger partial charge in [-0.1, -0.05) is 15.9 Å². The minimum Gasteiger partial charge on any atom is -0.467 e. The van der Waals surface area contributed by atoms with E-state index in [0.717, 1.165) is 4.47 Å². The molecule has 0 aliphatic carbocycles. The first-order valence-electron chi connectivity index (χ1n) is 21.7. The second-order valence-corrected chi connectivity index (χ2v) is 20.0. The number of methoxy groups -OCH3 is 1. The predicted octanol–water partition coefficient (Wildman–Crippen LogP) is 1.78. The van der Waals surface area contributed by atoms with E-state index in [1.54, 1.807) is 52.0 Å². The minimum absolute atomic E-state index is 0.228. The average molecular weight is 944 g/mol. The summed E-state index contributed by atoms with van der Waals surface area (Å²) in [7, 11) is 1.26. The number of amides is 8. The van der Waals surface area contributed by atoms with Gasteiger partial charge in [0.1, 0.15) is 46.3 Å². The molecule has 4 aliphatic rings. The molecule has 4 heterocycles. The molecule has 4 aliphatic heterocycles. The molecule has 346 valence electrons. The van der Waals surface area contributed by atoms with Crippen LogP contribution in [0.25, 0.3) is 0 Å². The minimum atomic E-state index is -1.50. The molecule has 19 heteroatoms. The molecule has 4 saturated heterocycles. The van der Waals surface area contributed by atoms with Crippen molar-refractivity contribution >= 4 is 69.2 Å². The summed E-state index contributed by atoms with van der Waals surface area (Å²) in [4.78, 5) is 128. The van der Waals surface area contributed by atoms with Gasteiger partial charge >= 0.3 is 5.97 Å². The molecule has 63 heavy (non-hydrogen) atoms. The molecule has 4 atom stereocenters. The molecule has 1 aromatic carbocycles. The van der Waals surface area contributed by atoms with Gasteiger partial charge in [-0.05, 0) is 131 Å². The first-order chi connectivity index (χ1) is 29.3. The lowest BCUT2D eigenvalue weighted by Crippen LogP contribution is -2.65. The zero-order valence-corrected chi connectivity index (χ0v) is 39.4. The van der Waals surface area contributed by atoms with E-state index in [4.69, 9.17) is 4.74 Å². The van der Waals surface area contributed by atoms with Crippen molar-refractivity contribution in [1.82, 2.24) is 40.9 Å². The van der Waals surface area contributed by atoms with Crippen LogP contribution >= 0.6 is 15.9 Å². The van der Waals surface area contributed by atoms with Crippen LogP contribution in [0.1, 0.15) is 117 Å². The van der Waals surface area contributed by atoms with Crippen LogP contribution in [0.2, 0.25) is 0 Å². The summed E-state index contributed by atoms with van der Waals surface area (Å²) >= 11 is 3.34. The number of esters is 1. The molecule has 5 rings (SSSR count). The lowest BCUT2D eigenvalue weighted by molar-refractivity contribution is -0.154. The molecule has 4 fully saturated rings. The molecule has 0 radical (unpaired) electrons. The van der Waals surface area contributed by atoms with Gasteiger partial charge in [-0.25, -0.2) is 4.79 Å². The number of halogens is 1. The molecule has 8 amide bonds. The fraction of sp³-hybridized carbons (Fsp3) is 0.659. The second-order valence-electron chi connectivity index (χ2n) is 19.1. The van der Waals surface area contributed by atoms with E-state index in [2.05, 4.69) is 37.2 Å². The van der Waals surface area contributed by atoms with E-state index in [1.807, 2.05) is 0 Å². The number of likely N-dealkylation sites (tertiary alicyclic amines) is 4. The number of nitrogens with one attached hydrogen (secondary N) is 4. The maximum absolute atomic E-state index is 14.2. The topological polar surface area (TPSA) is 224 Å². The highest BCUT2D eigenvalue weighted by atomic mass is 79.9. The Morgan fingerprint density at radius 3 is 1.10 bits per heavy atom. The van der Waals surface area contributed by atoms with E-state index in [1.165, 1.54) is 54.4 Å². The fourth-order valence-corrected chi connectivity index (χ4v) is 9.28. The Morgan fingerprint density at radius 2 is 0.778 bits per heavy atom. The van der Waals surface area contributed by atoms with Crippen molar-refractivity contribution in [2.45, 2.75) is 153 Å². The van der Waals surface area contributed by atoms with E-state index in [-0.39, 0.29) is 19.6 Å². The number of nitrogens with zero attached hydrogens (tertiary/aromatic N) is 4. The summed E-state index contributed by atoms with van der Waals surface area (Å²) in [5.41, 5.74) is -5.38. The third-order valence-electron chi connectivity index (χ3n) is 12.4. The summed E-state index contributed by atoms with van der Waals surface area (Å²) in [6.07, 6.45) is 3.60. The summed E-state index contributed by atoms with van der Waals surface area (Å²) < 4.78 is 5.67. The van der Waals surface area contributed by atoms with Crippen LogP contribution < -0.4 is 21.3 Å². The van der Waals surface area contributed by atoms with Crippen molar-refractivity contribution < 1.29 is 47.9 Å². The molecular formula is C44H63BrN8O10. The molecule has 0 bridgehead atoms. The molecule has 1 aromatic rings. The number of hydrogen-bond acceptors (Lipinski definition) is 10. The third-order valence-corrected chi connectivity index (χ3v) is 12.9. The van der Waals surface area contributed by atoms with Crippen LogP contribution in [-0.4, -0.2) is 152 Å². The highest BCUT2D eigenvalue weighted by molar-refractivity contribution is 9.10. The van der Waals surface area contributed by atoms with Gasteiger partial charge in [0.2, 0.25) is 41.4 Å². The highest BCUT2D eigenvalue weighted by Crippen LogP contribution is 2.28. The maximum Gasteiger partial charge on any atom is 0.328 e. The average Bonchev–Trinajstić information content (AvgIpc) is 4.06. The summed E-state index contributed by atoms with van der Waals surface area (Å²) in [6, 6.07) is 3.18. The van der Waals surface area contributed by atoms with Crippen LogP contribution in [0, 0.1) is 0 Å². The monoisotopic (exact) mass is 942 g/mol. The van der Waals surface area contributed by atoms with Gasteiger partial charge in [-0.15, -0.1) is 0 Å². The van der Waals surface area contributed by atoms with E-state index in [0.29, 0.717) is 63.5 Å². The molecule has 0 unspecified atom stereocenters. The second kappa shape index (κ2) is 19.0. The Bertz CT molecular complexity index is 2000. The zero-order chi connectivity index (χ0) is 46.8. The summed E-state index contributed by atoms with van der Waals surface area (Å²) in [5, 5.41) is 11.2. The van der Waals surface area contributed by atoms with Gasteiger partial charge < -0.3 is 45.6 Å². The highest BCUT2D eigenvalue weighted by Gasteiger charge is 2.49. The van der Waals surface area contributed by atoms with Gasteiger partial charge in [0.15, 0.2) is 0 Å². The smallest absolute Gasteiger partial charge is 0.328 e. The number of carbonyl (C=O) groups excluding carboxylic acids is 9. The molecule has 0 spiro atoms. The predicted molar refractivity (Wildman–Crippen MR) is 233 cm³/mol. The summed E-state index contributed by atoms with van der Waals surface area (Å²) in [6.45, 7) is 13.5. The zero-order valence-electron chi connectivity index (χ0n) is 37.9. The van der Waals surface area contributed by atoms with E-state index >= 15 is 0 Å². The Kier molecular flexibility index (Phi) is 14.7. The quantitative estimate of drug-likeness (QED) is 0.210. The molecule has 18 nitrogen and oxygen atoms in total. The van der Waals surface area contributed by atoms with Crippen LogP contribution in [0.5, 0.6) is 0 Å². The van der Waals surface area contributed by atoms with Crippen molar-refractivity contribution in [3.8, 4) is 0 Å². The Morgan fingerprint density at radius 1 is 0.492 bits per heavy atom. The van der Waals surface area contributed by atoms with Crippen LogP contribution in [0.4, 0.5) is 0 Å². The first-order valence-corrected chi connectivity index (χ1v) is 22.5. The number of hydrogen-bond donors (Lipinski definition) is 4. The van der Waals surface area contributed by atoms with Crippen molar-refractivity contribution in [2.75, 3.05) is 33.3 Å². The van der Waals surface area contributed by atoms with E-state index in [9.17, 15) is 43.2 Å². The van der Waals surface area contributed by atoms with Gasteiger partial charge in [0.25, 0.3) is 5.91 Å². The van der Waals surface area contributed by atoms with Gasteiger partial charge in [-0.2, -0.15) is 0 Å². The van der Waals surface area contributed by atoms with Crippen molar-refractivity contribution in [3.05, 3.63) is 34.3 Å². The number of benzene rings is 1. The van der Waals surface area contributed by atoms with Crippen LogP contribution in [0.3, 0.4) is 0 Å². The first kappa shape index (κ1) is 49.0. The number of carbonyl (C=O) groups is 9. The largest absolute Gasteiger partial charge is 0.467 e. The third kappa shape index (κ3) is 10.7. The molecular weight excluding hydrogens is 880 g/mol. The van der Waals surface area contributed by atoms with Gasteiger partial charge in [-0.3, -0.25) is 38.4 Å². The standard InChI is InChI=1S/C44H63BrN8O10/c1-41(2,46-32(54)26-18-20-27(45)21-19-26)37(59)50-22-10-14-28(50)33(55)47-42(3,4)38(60)51-23-11-15-29(51)34(56)48-43(5,6)39(61)52-24-12-16-30(52)35(57)49-44(7,8)40(62)53-25-13-17-31(53)36(58)63-9/h18-21,28-31H,10-17,22-25H2,1-9H3,(H,46,54)(H,47,55)(H,48,56)(H,49,57)/t28-,29-,30-,31-/m0/s1. The van der Waals surface area contributed by atoms with E-state index < -0.39 is 99.5 Å². The van der Waals surface area contributed by atoms with Crippen molar-refractivity contribution in [3.63, 3.8) is 0 Å². The van der Waals surface area contributed by atoms with Crippen molar-refractivity contribution in [1.29, 1.82) is 0 Å². The summed E-state index contributed by atoms with van der Waals surface area (Å²) in [5.74, 6) is -4.55. The SMILES string of the molecule is COC(=O)[C@@H]1CCCN1C(=O)C(C)(C)NC(=O)[C@@H]1CCCN1C(=O)C(C)(C)NC(=O)[C@@H]1CCCN1C(=O)C(C)(C)NC(=O)[C@@H]1CCCN1C(=O)C(C)(C)NC(=O)c1ccc(Br)cc1. The Hall–Kier alpha value is -5.07. The van der Waals surface area contributed by atoms with Crippen molar-refractivity contribution in [2.24, 2.45) is 0 Å². The van der Waals surface area contributed by atoms with Gasteiger partial charge in [0, 0.05) is 36.2 Å². The van der Waals surface area contributed by atoms with Crippen LogP contribution in [-0.2, 0) is 43.1 Å². The Balaban J connectivity index is 1.19. The fourth-order valence-electron chi connectivity index (χ4n) is 9.02. The van der Waals surface area contributed by atoms with Crippen LogP contribution in [0.15, 0.2) is 28.7 Å². The number of rotatable bonds is 13. The molecule has 4 N–H and O–H groups in total. The van der Waals surface area contributed by atoms with Gasteiger partial charge in [0.05, 0.1) is 7.11 Å². The lowest BCUT2D eigenvalue weighted by atomic mass is 9.98. The number of ether oxygens (including phenoxy) is 1.